The summed E-state index contributed by atoms with van der Waals surface area (Å²) < 4.78 is 13.5. The maximum absolute atomic E-state index is 13.5. The van der Waals surface area contributed by atoms with Crippen molar-refractivity contribution < 1.29 is 18.9 Å². The molecule has 0 radical (unpaired) electrons. The molecule has 0 aliphatic carbocycles. The van der Waals surface area contributed by atoms with Gasteiger partial charge in [-0.2, -0.15) is 0 Å². The molecule has 21 heavy (non-hydrogen) atoms. The van der Waals surface area contributed by atoms with Gasteiger partial charge in [-0.3, -0.25) is 19.7 Å². The minimum atomic E-state index is -1.03. The lowest BCUT2D eigenvalue weighted by Crippen LogP contribution is -2.08. The number of nitro groups is 1. The topological polar surface area (TPSA) is 77.3 Å². The highest BCUT2D eigenvalue weighted by Crippen LogP contribution is 2.27. The summed E-state index contributed by atoms with van der Waals surface area (Å²) >= 11 is 5.66. The number of halogens is 2. The van der Waals surface area contributed by atoms with Crippen LogP contribution in [0.2, 0.25) is 5.02 Å². The molecule has 5 nitrogen and oxygen atoms in total. The number of nitro benzene ring substituents is 1. The standard InChI is InChI=1S/C14H15ClFNO4/c1-8(2)5-10(18)3-4-13(19)11-6-9(17(20)21)7-12(16)14(11)15/h6-8H,3-5H2,1-2H3. The molecule has 0 aliphatic heterocycles. The van der Waals surface area contributed by atoms with Crippen LogP contribution in [0.5, 0.6) is 0 Å². The molecule has 1 aromatic rings. The number of hydrogen-bond acceptors (Lipinski definition) is 4. The number of non-ortho nitro benzene ring substituents is 1. The maximum Gasteiger partial charge on any atom is 0.273 e. The Morgan fingerprint density at radius 3 is 2.48 bits per heavy atom. The van der Waals surface area contributed by atoms with E-state index in [0.29, 0.717) is 12.5 Å². The molecular weight excluding hydrogens is 301 g/mol. The predicted molar refractivity (Wildman–Crippen MR) is 76.1 cm³/mol. The molecule has 0 spiro atoms. The van der Waals surface area contributed by atoms with Gasteiger partial charge in [-0.25, -0.2) is 4.39 Å². The molecule has 1 rings (SSSR count). The first kappa shape index (κ1) is 17.2. The molecule has 1 aromatic carbocycles. The largest absolute Gasteiger partial charge is 0.300 e. The van der Waals surface area contributed by atoms with Crippen molar-refractivity contribution in [3.05, 3.63) is 38.7 Å². The van der Waals surface area contributed by atoms with Gasteiger partial charge in [0.15, 0.2) is 5.78 Å². The molecule has 0 unspecified atom stereocenters. The summed E-state index contributed by atoms with van der Waals surface area (Å²) in [7, 11) is 0. The van der Waals surface area contributed by atoms with Crippen molar-refractivity contribution in [2.24, 2.45) is 5.92 Å². The zero-order valence-electron chi connectivity index (χ0n) is 11.7. The monoisotopic (exact) mass is 315 g/mol. The smallest absolute Gasteiger partial charge is 0.273 e. The van der Waals surface area contributed by atoms with Gasteiger partial charge < -0.3 is 0 Å². The van der Waals surface area contributed by atoms with Gasteiger partial charge in [-0.05, 0) is 5.92 Å². The van der Waals surface area contributed by atoms with E-state index in [0.717, 1.165) is 6.07 Å². The van der Waals surface area contributed by atoms with Crippen LogP contribution in [0.1, 0.15) is 43.5 Å². The van der Waals surface area contributed by atoms with E-state index in [4.69, 9.17) is 11.6 Å². The molecule has 0 saturated carbocycles. The fourth-order valence-corrected chi connectivity index (χ4v) is 2.04. The third-order valence-corrected chi connectivity index (χ3v) is 3.18. The number of carbonyl (C=O) groups excluding carboxylic acids is 2. The van der Waals surface area contributed by atoms with E-state index in [-0.39, 0.29) is 30.1 Å². The van der Waals surface area contributed by atoms with Crippen LogP contribution >= 0.6 is 11.6 Å². The van der Waals surface area contributed by atoms with Crippen LogP contribution in [-0.4, -0.2) is 16.5 Å². The van der Waals surface area contributed by atoms with Gasteiger partial charge in [0.2, 0.25) is 0 Å². The number of hydrogen-bond donors (Lipinski definition) is 0. The zero-order valence-corrected chi connectivity index (χ0v) is 12.4. The van der Waals surface area contributed by atoms with Gasteiger partial charge in [0.1, 0.15) is 11.6 Å². The molecule has 0 bridgehead atoms. The molecular formula is C14H15ClFNO4. The highest BCUT2D eigenvalue weighted by molar-refractivity contribution is 6.34. The maximum atomic E-state index is 13.5. The van der Waals surface area contributed by atoms with Crippen molar-refractivity contribution in [2.45, 2.75) is 33.1 Å². The van der Waals surface area contributed by atoms with Gasteiger partial charge in [-0.1, -0.05) is 25.4 Å². The Balaban J connectivity index is 2.87. The fourth-order valence-electron chi connectivity index (χ4n) is 1.83. The number of rotatable bonds is 7. The Hall–Kier alpha value is -1.82. The lowest BCUT2D eigenvalue weighted by Gasteiger charge is -2.06. The minimum Gasteiger partial charge on any atom is -0.300 e. The van der Waals surface area contributed by atoms with Crippen LogP contribution in [0.4, 0.5) is 10.1 Å². The van der Waals surface area contributed by atoms with Gasteiger partial charge in [0, 0.05) is 30.9 Å². The zero-order chi connectivity index (χ0) is 16.2. The van der Waals surface area contributed by atoms with Crippen LogP contribution in [0.3, 0.4) is 0 Å². The van der Waals surface area contributed by atoms with E-state index in [1.807, 2.05) is 13.8 Å². The third-order valence-electron chi connectivity index (χ3n) is 2.79. The van der Waals surface area contributed by atoms with Crippen molar-refractivity contribution in [1.29, 1.82) is 0 Å². The van der Waals surface area contributed by atoms with Crippen molar-refractivity contribution in [1.82, 2.24) is 0 Å². The Bertz CT molecular complexity index is 587. The SMILES string of the molecule is CC(C)CC(=O)CCC(=O)c1cc([N+](=O)[O-])cc(F)c1Cl. The third kappa shape index (κ3) is 4.90. The molecule has 0 N–H and O–H groups in total. The first-order valence-electron chi connectivity index (χ1n) is 6.40. The number of benzene rings is 1. The van der Waals surface area contributed by atoms with Crippen molar-refractivity contribution >= 4 is 28.9 Å². The minimum absolute atomic E-state index is 0.0116. The Kier molecular flexibility index (Phi) is 5.96. The highest BCUT2D eigenvalue weighted by Gasteiger charge is 2.20. The molecule has 0 aromatic heterocycles. The van der Waals surface area contributed by atoms with Crippen molar-refractivity contribution in [3.8, 4) is 0 Å². The van der Waals surface area contributed by atoms with E-state index in [9.17, 15) is 24.1 Å². The molecule has 114 valence electrons. The second-order valence-corrected chi connectivity index (χ2v) is 5.48. The summed E-state index contributed by atoms with van der Waals surface area (Å²) in [6, 6.07) is 1.59. The second-order valence-electron chi connectivity index (χ2n) is 5.11. The Labute approximate surface area is 126 Å². The summed E-state index contributed by atoms with van der Waals surface area (Å²) in [5, 5.41) is 10.2. The summed E-state index contributed by atoms with van der Waals surface area (Å²) in [5.41, 5.74) is -0.811. The van der Waals surface area contributed by atoms with Crippen molar-refractivity contribution in [3.63, 3.8) is 0 Å². The molecule has 0 atom stereocenters. The van der Waals surface area contributed by atoms with Crippen LogP contribution in [0, 0.1) is 21.8 Å². The quantitative estimate of drug-likeness (QED) is 0.433. The molecule has 0 fully saturated rings. The van der Waals surface area contributed by atoms with E-state index in [2.05, 4.69) is 0 Å². The van der Waals surface area contributed by atoms with E-state index >= 15 is 0 Å². The lowest BCUT2D eigenvalue weighted by atomic mass is 10.00. The van der Waals surface area contributed by atoms with Crippen LogP contribution in [0.25, 0.3) is 0 Å². The first-order chi connectivity index (χ1) is 9.72. The first-order valence-corrected chi connectivity index (χ1v) is 6.78. The number of Topliss-reactive ketones (excluding diaryl/α,β-unsaturated/α-hetero) is 2. The molecule has 0 aliphatic rings. The van der Waals surface area contributed by atoms with Gasteiger partial charge in [-0.15, -0.1) is 0 Å². The normalized spacial score (nSPS) is 10.7. The molecule has 7 heteroatoms. The van der Waals surface area contributed by atoms with Gasteiger partial charge in [0.25, 0.3) is 5.69 Å². The van der Waals surface area contributed by atoms with Gasteiger partial charge >= 0.3 is 0 Å². The van der Waals surface area contributed by atoms with Crippen LogP contribution in [0.15, 0.2) is 12.1 Å². The van der Waals surface area contributed by atoms with E-state index in [1.54, 1.807) is 0 Å². The predicted octanol–water partition coefficient (Wildman–Crippen LogP) is 3.97. The highest BCUT2D eigenvalue weighted by atomic mass is 35.5. The Morgan fingerprint density at radius 2 is 1.95 bits per heavy atom. The summed E-state index contributed by atoms with van der Waals surface area (Å²) in [5.74, 6) is -1.51. The average molecular weight is 316 g/mol. The molecule has 0 amide bonds. The molecule has 0 saturated heterocycles. The summed E-state index contributed by atoms with van der Waals surface area (Å²) in [6.07, 6.45) is 0.216. The van der Waals surface area contributed by atoms with Gasteiger partial charge in [0.05, 0.1) is 16.0 Å². The summed E-state index contributed by atoms with van der Waals surface area (Å²) in [6.45, 7) is 3.76. The lowest BCUT2D eigenvalue weighted by molar-refractivity contribution is -0.385. The summed E-state index contributed by atoms with van der Waals surface area (Å²) in [4.78, 5) is 33.4. The second kappa shape index (κ2) is 7.26. The van der Waals surface area contributed by atoms with E-state index in [1.165, 1.54) is 0 Å². The number of carbonyl (C=O) groups is 2. The number of ketones is 2. The van der Waals surface area contributed by atoms with E-state index < -0.39 is 27.2 Å². The Morgan fingerprint density at radius 1 is 1.33 bits per heavy atom. The fraction of sp³-hybridized carbons (Fsp3) is 0.429. The van der Waals surface area contributed by atoms with Crippen LogP contribution < -0.4 is 0 Å². The van der Waals surface area contributed by atoms with Crippen molar-refractivity contribution in [2.75, 3.05) is 0 Å². The average Bonchev–Trinajstić information content (AvgIpc) is 2.37. The van der Waals surface area contributed by atoms with Crippen LogP contribution in [-0.2, 0) is 4.79 Å². The number of nitrogens with zero attached hydrogens (tertiary/aromatic N) is 1. The molecule has 0 heterocycles.